The molecule has 1 aliphatic rings. The Hall–Kier alpha value is -0.0800. The highest BCUT2D eigenvalue weighted by Crippen LogP contribution is 2.40. The summed E-state index contributed by atoms with van der Waals surface area (Å²) in [5.41, 5.74) is 3.10. The fourth-order valence-corrected chi connectivity index (χ4v) is 6.54. The Labute approximate surface area is 159 Å². The lowest BCUT2D eigenvalue weighted by Crippen LogP contribution is -2.16. The Morgan fingerprint density at radius 1 is 0.792 bits per heavy atom. The maximum absolute atomic E-state index is 2.41. The Bertz CT molecular complexity index is 418. The van der Waals surface area contributed by atoms with Crippen molar-refractivity contribution in [3.63, 3.8) is 0 Å². The van der Waals surface area contributed by atoms with Crippen LogP contribution in [0.15, 0.2) is 24.3 Å². The van der Waals surface area contributed by atoms with Crippen molar-refractivity contribution in [3.8, 4) is 0 Å². The van der Waals surface area contributed by atoms with Gasteiger partial charge in [0.15, 0.2) is 0 Å². The van der Waals surface area contributed by atoms with Gasteiger partial charge in [-0.1, -0.05) is 83.1 Å². The van der Waals surface area contributed by atoms with E-state index < -0.39 is 0 Å². The van der Waals surface area contributed by atoms with Crippen molar-refractivity contribution in [2.45, 2.75) is 88.6 Å². The van der Waals surface area contributed by atoms with E-state index >= 15 is 0 Å². The molecular weight excluding hydrogens is 328 g/mol. The van der Waals surface area contributed by atoms with Crippen molar-refractivity contribution in [1.29, 1.82) is 0 Å². The van der Waals surface area contributed by atoms with Gasteiger partial charge in [0.25, 0.3) is 0 Å². The lowest BCUT2D eigenvalue weighted by molar-refractivity contribution is 0.632. The Balaban J connectivity index is 1.68. The Kier molecular flexibility index (Phi) is 10.4. The molecule has 0 radical (unpaired) electrons. The van der Waals surface area contributed by atoms with Crippen molar-refractivity contribution in [2.24, 2.45) is 0 Å². The summed E-state index contributed by atoms with van der Waals surface area (Å²) in [5.74, 6) is 3.40. The van der Waals surface area contributed by atoms with E-state index in [0.29, 0.717) is 0 Å². The number of rotatable bonds is 11. The monoisotopic (exact) mass is 364 g/mol. The van der Waals surface area contributed by atoms with Gasteiger partial charge < -0.3 is 0 Å². The topological polar surface area (TPSA) is 0 Å². The maximum atomic E-state index is 2.41. The zero-order valence-corrected chi connectivity index (χ0v) is 17.4. The highest BCUT2D eigenvalue weighted by atomic mass is 32.2. The summed E-state index contributed by atoms with van der Waals surface area (Å²) in [6, 6.07) is 9.59. The molecule has 136 valence electrons. The van der Waals surface area contributed by atoms with Crippen LogP contribution in [0.3, 0.4) is 0 Å². The molecule has 0 saturated carbocycles. The number of thioether (sulfide) groups is 2. The predicted octanol–water partition coefficient (Wildman–Crippen LogP) is 7.67. The largest absolute Gasteiger partial charge is 0.147 e. The number of aryl methyl sites for hydroxylation is 1. The normalized spacial score (nSPS) is 21.1. The molecule has 24 heavy (non-hydrogen) atoms. The van der Waals surface area contributed by atoms with Crippen LogP contribution in [-0.2, 0) is 6.42 Å². The molecule has 0 amide bonds. The highest BCUT2D eigenvalue weighted by Gasteiger charge is 2.22. The summed E-state index contributed by atoms with van der Waals surface area (Å²) < 4.78 is 0.857. The van der Waals surface area contributed by atoms with Crippen molar-refractivity contribution in [1.82, 2.24) is 0 Å². The first kappa shape index (κ1) is 20.2. The molecule has 0 nitrogen and oxygen atoms in total. The van der Waals surface area contributed by atoms with E-state index in [1.54, 1.807) is 5.56 Å². The number of hydrogen-bond donors (Lipinski definition) is 0. The van der Waals surface area contributed by atoms with E-state index in [4.69, 9.17) is 0 Å². The van der Waals surface area contributed by atoms with E-state index in [1.807, 2.05) is 0 Å². The van der Waals surface area contributed by atoms with Crippen LogP contribution < -0.4 is 0 Å². The van der Waals surface area contributed by atoms with Gasteiger partial charge in [-0.3, -0.25) is 0 Å². The molecule has 2 heteroatoms. The lowest BCUT2D eigenvalue weighted by Gasteiger charge is -2.28. The second-order valence-electron chi connectivity index (χ2n) is 7.19. The third-order valence-corrected chi connectivity index (χ3v) is 8.25. The van der Waals surface area contributed by atoms with Crippen LogP contribution >= 0.6 is 23.5 Å². The number of benzene rings is 1. The van der Waals surface area contributed by atoms with Crippen LogP contribution in [0.25, 0.3) is 0 Å². The highest BCUT2D eigenvalue weighted by molar-refractivity contribution is 8.17. The lowest BCUT2D eigenvalue weighted by atomic mass is 9.99. The minimum absolute atomic E-state index is 0.765. The van der Waals surface area contributed by atoms with Crippen molar-refractivity contribution in [3.05, 3.63) is 35.4 Å². The summed E-state index contributed by atoms with van der Waals surface area (Å²) in [6.07, 6.45) is 13.7. The molecule has 1 aromatic rings. The first-order chi connectivity index (χ1) is 11.8. The summed E-state index contributed by atoms with van der Waals surface area (Å²) in [5, 5.41) is 0. The van der Waals surface area contributed by atoms with E-state index in [9.17, 15) is 0 Å². The average molecular weight is 365 g/mol. The average Bonchev–Trinajstić information content (AvgIpc) is 2.63. The summed E-state index contributed by atoms with van der Waals surface area (Å²) >= 11 is 4.41. The van der Waals surface area contributed by atoms with Gasteiger partial charge in [0.1, 0.15) is 0 Å². The molecule has 1 heterocycles. The smallest absolute Gasteiger partial charge is 0.0502 e. The van der Waals surface area contributed by atoms with Gasteiger partial charge in [-0.05, 0) is 30.4 Å². The summed E-state index contributed by atoms with van der Waals surface area (Å²) in [7, 11) is 0. The van der Waals surface area contributed by atoms with Gasteiger partial charge in [-0.25, -0.2) is 0 Å². The molecule has 2 rings (SSSR count). The quantitative estimate of drug-likeness (QED) is 0.369. The zero-order valence-electron chi connectivity index (χ0n) is 15.8. The van der Waals surface area contributed by atoms with Crippen molar-refractivity contribution in [2.75, 3.05) is 11.5 Å². The standard InChI is InChI=1S/C22H36S2/c1-3-5-7-8-10-11-19-13-15-20(16-14-19)21-17-23-22(24-18-21)12-9-6-4-2/h13-16,21-22H,3-12,17-18H2,1-2H3. The third-order valence-electron chi connectivity index (χ3n) is 5.03. The predicted molar refractivity (Wildman–Crippen MR) is 114 cm³/mol. The van der Waals surface area contributed by atoms with Gasteiger partial charge in [0, 0.05) is 17.4 Å². The minimum Gasteiger partial charge on any atom is -0.147 e. The zero-order chi connectivity index (χ0) is 17.0. The minimum atomic E-state index is 0.765. The Morgan fingerprint density at radius 2 is 1.42 bits per heavy atom. The molecule has 0 N–H and O–H groups in total. The molecule has 0 aliphatic carbocycles. The van der Waals surface area contributed by atoms with Gasteiger partial charge in [0.05, 0.1) is 4.58 Å². The van der Waals surface area contributed by atoms with E-state index in [1.165, 1.54) is 81.3 Å². The molecular formula is C22H36S2. The third kappa shape index (κ3) is 7.44. The molecule has 0 bridgehead atoms. The van der Waals surface area contributed by atoms with Gasteiger partial charge in [-0.15, -0.1) is 23.5 Å². The first-order valence-electron chi connectivity index (χ1n) is 10.2. The SMILES string of the molecule is CCCCCCCc1ccc(C2CSC(CCCCC)SC2)cc1. The molecule has 0 atom stereocenters. The van der Waals surface area contributed by atoms with Crippen LogP contribution in [0.1, 0.15) is 88.7 Å². The fraction of sp³-hybridized carbons (Fsp3) is 0.727. The number of hydrogen-bond acceptors (Lipinski definition) is 2. The van der Waals surface area contributed by atoms with Gasteiger partial charge in [-0.2, -0.15) is 0 Å². The van der Waals surface area contributed by atoms with E-state index in [0.717, 1.165) is 10.5 Å². The molecule has 1 saturated heterocycles. The molecule has 0 aromatic heterocycles. The van der Waals surface area contributed by atoms with Crippen LogP contribution in [0.4, 0.5) is 0 Å². The first-order valence-corrected chi connectivity index (χ1v) is 12.2. The second-order valence-corrected chi connectivity index (χ2v) is 9.96. The molecule has 1 aliphatic heterocycles. The maximum Gasteiger partial charge on any atom is 0.0502 e. The second kappa shape index (κ2) is 12.3. The molecule has 0 unspecified atom stereocenters. The van der Waals surface area contributed by atoms with Crippen molar-refractivity contribution >= 4 is 23.5 Å². The Morgan fingerprint density at radius 3 is 2.08 bits per heavy atom. The molecule has 1 fully saturated rings. The number of unbranched alkanes of at least 4 members (excludes halogenated alkanes) is 6. The van der Waals surface area contributed by atoms with E-state index in [2.05, 4.69) is 61.6 Å². The van der Waals surface area contributed by atoms with Crippen LogP contribution in [0.5, 0.6) is 0 Å². The fourth-order valence-electron chi connectivity index (χ4n) is 3.35. The summed E-state index contributed by atoms with van der Waals surface area (Å²) in [6.45, 7) is 4.58. The van der Waals surface area contributed by atoms with Crippen LogP contribution in [0, 0.1) is 0 Å². The van der Waals surface area contributed by atoms with Crippen molar-refractivity contribution < 1.29 is 0 Å². The van der Waals surface area contributed by atoms with Crippen LogP contribution in [0.2, 0.25) is 0 Å². The summed E-state index contributed by atoms with van der Waals surface area (Å²) in [4.78, 5) is 0. The molecule has 1 aromatic carbocycles. The van der Waals surface area contributed by atoms with E-state index in [-0.39, 0.29) is 0 Å². The molecule has 0 spiro atoms. The van der Waals surface area contributed by atoms with Crippen LogP contribution in [-0.4, -0.2) is 16.1 Å². The van der Waals surface area contributed by atoms with Gasteiger partial charge in [0.2, 0.25) is 0 Å². The van der Waals surface area contributed by atoms with Gasteiger partial charge >= 0.3 is 0 Å².